The molecule has 5 nitrogen and oxygen atoms in total. The van der Waals surface area contributed by atoms with Crippen molar-refractivity contribution in [2.75, 3.05) is 13.1 Å². The van der Waals surface area contributed by atoms with E-state index >= 15 is 0 Å². The van der Waals surface area contributed by atoms with Crippen molar-refractivity contribution in [3.05, 3.63) is 46.7 Å². The van der Waals surface area contributed by atoms with Gasteiger partial charge in [0.15, 0.2) is 5.69 Å². The van der Waals surface area contributed by atoms with Crippen LogP contribution in [0.3, 0.4) is 0 Å². The van der Waals surface area contributed by atoms with Gasteiger partial charge < -0.3 is 10.0 Å². The fourth-order valence-electron chi connectivity index (χ4n) is 3.20. The molecule has 1 aromatic carbocycles. The number of likely N-dealkylation sites (tertiary alicyclic amines) is 1. The first kappa shape index (κ1) is 17.0. The summed E-state index contributed by atoms with van der Waals surface area (Å²) < 4.78 is 1.73. The normalized spacial score (nSPS) is 19.3. The Balaban J connectivity index is 1.83. The van der Waals surface area contributed by atoms with E-state index in [0.717, 1.165) is 24.2 Å². The molecule has 0 radical (unpaired) electrons. The minimum atomic E-state index is -0.397. The number of carbonyl (C=O) groups is 1. The molecule has 0 saturated carbocycles. The molecule has 0 bridgehead atoms. The number of aliphatic hydroxyl groups is 1. The van der Waals surface area contributed by atoms with Crippen LogP contribution >= 0.6 is 11.6 Å². The Morgan fingerprint density at radius 2 is 2.21 bits per heavy atom. The van der Waals surface area contributed by atoms with Gasteiger partial charge in [-0.1, -0.05) is 17.7 Å². The van der Waals surface area contributed by atoms with E-state index in [2.05, 4.69) is 5.10 Å². The van der Waals surface area contributed by atoms with E-state index in [1.807, 2.05) is 25.1 Å². The average Bonchev–Trinajstić information content (AvgIpc) is 2.96. The first-order chi connectivity index (χ1) is 11.5. The van der Waals surface area contributed by atoms with E-state index in [1.165, 1.54) is 0 Å². The number of piperidine rings is 1. The Bertz CT molecular complexity index is 742. The van der Waals surface area contributed by atoms with Crippen LogP contribution in [0.2, 0.25) is 5.02 Å². The number of hydrogen-bond donors (Lipinski definition) is 1. The number of halogens is 1. The lowest BCUT2D eigenvalue weighted by atomic mass is 9.93. The van der Waals surface area contributed by atoms with Crippen LogP contribution in [0.5, 0.6) is 0 Å². The summed E-state index contributed by atoms with van der Waals surface area (Å²) in [6.45, 7) is 5.00. The van der Waals surface area contributed by atoms with Crippen molar-refractivity contribution < 1.29 is 9.90 Å². The van der Waals surface area contributed by atoms with E-state index in [1.54, 1.807) is 28.6 Å². The van der Waals surface area contributed by atoms with E-state index in [0.29, 0.717) is 23.8 Å². The van der Waals surface area contributed by atoms with E-state index in [-0.39, 0.29) is 11.8 Å². The molecule has 1 amide bonds. The van der Waals surface area contributed by atoms with Crippen molar-refractivity contribution in [3.8, 4) is 5.69 Å². The van der Waals surface area contributed by atoms with Gasteiger partial charge in [-0.05, 0) is 51.0 Å². The number of aromatic nitrogens is 2. The van der Waals surface area contributed by atoms with Gasteiger partial charge in [-0.3, -0.25) is 4.79 Å². The van der Waals surface area contributed by atoms with Crippen LogP contribution in [0.15, 0.2) is 30.3 Å². The lowest BCUT2D eigenvalue weighted by Crippen LogP contribution is -2.43. The number of nitrogens with zero attached hydrogens (tertiary/aromatic N) is 3. The smallest absolute Gasteiger partial charge is 0.274 e. The predicted molar refractivity (Wildman–Crippen MR) is 93.6 cm³/mol. The first-order valence-electron chi connectivity index (χ1n) is 8.25. The van der Waals surface area contributed by atoms with Crippen LogP contribution in [0.25, 0.3) is 5.69 Å². The van der Waals surface area contributed by atoms with E-state index < -0.39 is 6.10 Å². The quantitative estimate of drug-likeness (QED) is 0.928. The van der Waals surface area contributed by atoms with Crippen LogP contribution in [-0.4, -0.2) is 44.9 Å². The highest BCUT2D eigenvalue weighted by molar-refractivity contribution is 6.30. The molecule has 2 aromatic rings. The van der Waals surface area contributed by atoms with Crippen molar-refractivity contribution in [2.45, 2.75) is 32.8 Å². The molecule has 2 atom stereocenters. The second kappa shape index (κ2) is 6.95. The summed E-state index contributed by atoms with van der Waals surface area (Å²) in [6, 6.07) is 9.19. The van der Waals surface area contributed by atoms with Gasteiger partial charge in [0.25, 0.3) is 5.91 Å². The Kier molecular flexibility index (Phi) is 4.92. The predicted octanol–water partition coefficient (Wildman–Crippen LogP) is 3.07. The number of hydrogen-bond acceptors (Lipinski definition) is 3. The summed E-state index contributed by atoms with van der Waals surface area (Å²) in [6.07, 6.45) is 1.47. The zero-order valence-corrected chi connectivity index (χ0v) is 14.7. The number of aryl methyl sites for hydroxylation is 1. The number of amides is 1. The molecule has 1 saturated heterocycles. The van der Waals surface area contributed by atoms with Crippen LogP contribution in [0.4, 0.5) is 0 Å². The molecular weight excluding hydrogens is 326 g/mol. The van der Waals surface area contributed by atoms with Gasteiger partial charge >= 0.3 is 0 Å². The fraction of sp³-hybridized carbons (Fsp3) is 0.444. The van der Waals surface area contributed by atoms with Crippen molar-refractivity contribution >= 4 is 17.5 Å². The molecule has 2 unspecified atom stereocenters. The molecule has 6 heteroatoms. The highest BCUT2D eigenvalue weighted by Gasteiger charge is 2.28. The molecule has 2 heterocycles. The molecule has 128 valence electrons. The Morgan fingerprint density at radius 1 is 1.42 bits per heavy atom. The SMILES string of the molecule is Cc1cc(C(=O)N2CCCC(C(C)O)C2)nn1-c1cccc(Cl)c1. The van der Waals surface area contributed by atoms with Crippen LogP contribution in [-0.2, 0) is 0 Å². The van der Waals surface area contributed by atoms with Crippen molar-refractivity contribution in [1.29, 1.82) is 0 Å². The largest absolute Gasteiger partial charge is 0.393 e. The molecule has 24 heavy (non-hydrogen) atoms. The van der Waals surface area contributed by atoms with Crippen LogP contribution in [0.1, 0.15) is 35.9 Å². The van der Waals surface area contributed by atoms with E-state index in [4.69, 9.17) is 11.6 Å². The summed E-state index contributed by atoms with van der Waals surface area (Å²) in [5.41, 5.74) is 2.14. The molecule has 1 fully saturated rings. The summed E-state index contributed by atoms with van der Waals surface area (Å²) in [7, 11) is 0. The lowest BCUT2D eigenvalue weighted by Gasteiger charge is -2.33. The molecule has 3 rings (SSSR count). The van der Waals surface area contributed by atoms with Crippen LogP contribution in [0, 0.1) is 12.8 Å². The Morgan fingerprint density at radius 3 is 2.92 bits per heavy atom. The number of rotatable bonds is 3. The minimum absolute atomic E-state index is 0.0794. The summed E-state index contributed by atoms with van der Waals surface area (Å²) in [5.74, 6) is 0.0584. The maximum atomic E-state index is 12.8. The Hall–Kier alpha value is -1.85. The van der Waals surface area contributed by atoms with Gasteiger partial charge in [-0.2, -0.15) is 5.10 Å². The van der Waals surface area contributed by atoms with Gasteiger partial charge in [-0.15, -0.1) is 0 Å². The van der Waals surface area contributed by atoms with Crippen molar-refractivity contribution in [3.63, 3.8) is 0 Å². The van der Waals surface area contributed by atoms with Gasteiger partial charge in [-0.25, -0.2) is 4.68 Å². The highest BCUT2D eigenvalue weighted by atomic mass is 35.5. The Labute approximate surface area is 146 Å². The summed E-state index contributed by atoms with van der Waals surface area (Å²) in [5, 5.41) is 14.9. The highest BCUT2D eigenvalue weighted by Crippen LogP contribution is 2.22. The third-order valence-corrected chi connectivity index (χ3v) is 4.82. The minimum Gasteiger partial charge on any atom is -0.393 e. The molecule has 1 aliphatic heterocycles. The maximum Gasteiger partial charge on any atom is 0.274 e. The maximum absolute atomic E-state index is 12.8. The second-order valence-electron chi connectivity index (χ2n) is 6.46. The molecule has 0 spiro atoms. The molecular formula is C18H22ClN3O2. The van der Waals surface area contributed by atoms with Crippen LogP contribution < -0.4 is 0 Å². The molecule has 1 aromatic heterocycles. The molecule has 1 N–H and O–H groups in total. The van der Waals surface area contributed by atoms with Crippen molar-refractivity contribution in [2.24, 2.45) is 5.92 Å². The van der Waals surface area contributed by atoms with Gasteiger partial charge in [0.1, 0.15) is 0 Å². The monoisotopic (exact) mass is 347 g/mol. The van der Waals surface area contributed by atoms with Gasteiger partial charge in [0.05, 0.1) is 11.8 Å². The van der Waals surface area contributed by atoms with E-state index in [9.17, 15) is 9.90 Å². The second-order valence-corrected chi connectivity index (χ2v) is 6.89. The summed E-state index contributed by atoms with van der Waals surface area (Å²) in [4.78, 5) is 14.6. The number of aliphatic hydroxyl groups excluding tert-OH is 1. The molecule has 0 aliphatic carbocycles. The number of benzene rings is 1. The third-order valence-electron chi connectivity index (χ3n) is 4.59. The van der Waals surface area contributed by atoms with Gasteiger partial charge in [0, 0.05) is 29.7 Å². The lowest BCUT2D eigenvalue weighted by molar-refractivity contribution is 0.0461. The number of carbonyl (C=O) groups excluding carboxylic acids is 1. The zero-order chi connectivity index (χ0) is 17.3. The average molecular weight is 348 g/mol. The molecule has 1 aliphatic rings. The first-order valence-corrected chi connectivity index (χ1v) is 8.63. The van der Waals surface area contributed by atoms with Crippen molar-refractivity contribution in [1.82, 2.24) is 14.7 Å². The van der Waals surface area contributed by atoms with Gasteiger partial charge in [0.2, 0.25) is 0 Å². The fourth-order valence-corrected chi connectivity index (χ4v) is 3.38. The zero-order valence-electron chi connectivity index (χ0n) is 13.9. The summed E-state index contributed by atoms with van der Waals surface area (Å²) >= 11 is 6.04. The topological polar surface area (TPSA) is 58.4 Å². The third kappa shape index (κ3) is 3.47. The standard InChI is InChI=1S/C18H22ClN3O2/c1-12-9-17(20-22(12)16-7-3-6-15(19)10-16)18(24)21-8-4-5-14(11-21)13(2)23/h3,6-7,9-10,13-14,23H,4-5,8,11H2,1-2H3.